The third-order valence-corrected chi connectivity index (χ3v) is 9.59. The number of aryl methyl sites for hydroxylation is 1. The van der Waals surface area contributed by atoms with Gasteiger partial charge < -0.3 is 25.4 Å². The molecular weight excluding hydrogens is 611 g/mol. The number of nitrogen functional groups attached to an aromatic ring is 1. The number of pyridine rings is 2. The number of hydrogen-bond acceptors (Lipinski definition) is 10. The Morgan fingerprint density at radius 3 is 2.77 bits per heavy atom. The van der Waals surface area contributed by atoms with E-state index in [0.717, 1.165) is 26.3 Å². The largest absolute Gasteiger partial charge is 0.472 e. The van der Waals surface area contributed by atoms with E-state index in [0.29, 0.717) is 32.6 Å². The van der Waals surface area contributed by atoms with Gasteiger partial charge in [-0.1, -0.05) is 11.6 Å². The van der Waals surface area contributed by atoms with Crippen LogP contribution in [0.2, 0.25) is 5.02 Å². The first-order valence-corrected chi connectivity index (χ1v) is 14.9. The number of rotatable bonds is 4. The highest BCUT2D eigenvalue weighted by molar-refractivity contribution is 6.35. The number of nitrogens with zero attached hydrogens (tertiary/aromatic N) is 6. The molecule has 3 aromatic heterocycles. The summed E-state index contributed by atoms with van der Waals surface area (Å²) in [5.41, 5.74) is 1.72. The summed E-state index contributed by atoms with van der Waals surface area (Å²) in [4.78, 5) is 21.1. The lowest BCUT2D eigenvalue weighted by molar-refractivity contribution is -0.137. The summed E-state index contributed by atoms with van der Waals surface area (Å²) in [6, 6.07) is -0.452. The molecule has 0 aromatic carbocycles. The number of nitrogens with one attached hydrogen (secondary N) is 1. The van der Waals surface area contributed by atoms with Crippen molar-refractivity contribution in [2.75, 3.05) is 50.0 Å². The second-order valence-electron chi connectivity index (χ2n) is 11.9. The summed E-state index contributed by atoms with van der Waals surface area (Å²) in [7, 11) is 0. The van der Waals surface area contributed by atoms with Gasteiger partial charge in [-0.2, -0.15) is 23.1 Å². The maximum Gasteiger partial charge on any atom is 0.418 e. The van der Waals surface area contributed by atoms with Crippen molar-refractivity contribution in [3.63, 3.8) is 0 Å². The monoisotopic (exact) mass is 640 g/mol. The minimum Gasteiger partial charge on any atom is -0.472 e. The van der Waals surface area contributed by atoms with Crippen LogP contribution in [0.3, 0.4) is 0 Å². The average molecular weight is 641 g/mol. The van der Waals surface area contributed by atoms with Crippen LogP contribution in [0.1, 0.15) is 37.4 Å². The zero-order valence-corrected chi connectivity index (χ0v) is 24.7. The van der Waals surface area contributed by atoms with E-state index in [1.165, 1.54) is 0 Å². The molecule has 0 aliphatic carbocycles. The van der Waals surface area contributed by atoms with E-state index >= 15 is 4.39 Å². The van der Waals surface area contributed by atoms with Crippen LogP contribution in [0, 0.1) is 12.7 Å². The van der Waals surface area contributed by atoms with E-state index in [1.54, 1.807) is 6.92 Å². The van der Waals surface area contributed by atoms with E-state index in [2.05, 4.69) is 30.2 Å². The molecule has 3 fully saturated rings. The number of halogens is 6. The van der Waals surface area contributed by atoms with Gasteiger partial charge in [0, 0.05) is 38.2 Å². The van der Waals surface area contributed by atoms with E-state index in [4.69, 9.17) is 26.8 Å². The maximum atomic E-state index is 16.7. The fourth-order valence-electron chi connectivity index (χ4n) is 7.21. The zero-order chi connectivity index (χ0) is 31.1. The summed E-state index contributed by atoms with van der Waals surface area (Å²) in [6.07, 6.45) is -4.56. The highest BCUT2D eigenvalue weighted by Gasteiger charge is 2.49. The van der Waals surface area contributed by atoms with E-state index in [1.807, 2.05) is 4.90 Å². The molecule has 0 saturated carbocycles. The summed E-state index contributed by atoms with van der Waals surface area (Å²) in [6.45, 7) is 5.63. The first kappa shape index (κ1) is 29.4. The quantitative estimate of drug-likeness (QED) is 0.400. The van der Waals surface area contributed by atoms with Crippen molar-refractivity contribution < 1.29 is 31.4 Å². The molecule has 0 bridgehead atoms. The predicted octanol–water partition coefficient (Wildman–Crippen LogP) is 4.30. The molecule has 236 valence electrons. The molecule has 0 spiro atoms. The van der Waals surface area contributed by atoms with Crippen LogP contribution in [-0.4, -0.2) is 88.0 Å². The number of nitrogens with two attached hydrogens (primary N) is 1. The lowest BCUT2D eigenvalue weighted by Gasteiger charge is -2.38. The van der Waals surface area contributed by atoms with Crippen LogP contribution in [0.15, 0.2) is 0 Å². The Bertz CT molecular complexity index is 1660. The normalized spacial score (nSPS) is 26.8. The molecule has 3 N–H and O–H groups in total. The van der Waals surface area contributed by atoms with Crippen molar-refractivity contribution in [2.24, 2.45) is 0 Å². The molecule has 0 radical (unpaired) electrons. The Labute approximate surface area is 254 Å². The van der Waals surface area contributed by atoms with Crippen molar-refractivity contribution in [3.05, 3.63) is 22.1 Å². The van der Waals surface area contributed by atoms with Gasteiger partial charge in [0.2, 0.25) is 5.88 Å². The Morgan fingerprint density at radius 1 is 1.20 bits per heavy atom. The molecule has 0 amide bonds. The van der Waals surface area contributed by atoms with E-state index in [9.17, 15) is 17.6 Å². The van der Waals surface area contributed by atoms with Crippen LogP contribution >= 0.6 is 11.6 Å². The third kappa shape index (κ3) is 4.57. The Morgan fingerprint density at radius 2 is 2.00 bits per heavy atom. The lowest BCUT2D eigenvalue weighted by atomic mass is 9.95. The number of hydrogen-bond donors (Lipinski definition) is 2. The molecule has 0 unspecified atom stereocenters. The smallest absolute Gasteiger partial charge is 0.418 e. The van der Waals surface area contributed by atoms with Crippen molar-refractivity contribution in [3.8, 4) is 23.1 Å². The van der Waals surface area contributed by atoms with E-state index in [-0.39, 0.29) is 41.3 Å². The van der Waals surface area contributed by atoms with Crippen LogP contribution in [0.4, 0.5) is 33.6 Å². The molecule has 4 aliphatic rings. The van der Waals surface area contributed by atoms with Crippen molar-refractivity contribution >= 4 is 34.1 Å². The maximum absolute atomic E-state index is 16.7. The van der Waals surface area contributed by atoms with Gasteiger partial charge in [-0.05, 0) is 33.2 Å². The first-order chi connectivity index (χ1) is 20.9. The van der Waals surface area contributed by atoms with Gasteiger partial charge in [-0.15, -0.1) is 0 Å². The van der Waals surface area contributed by atoms with Crippen LogP contribution in [0.5, 0.6) is 11.9 Å². The zero-order valence-electron chi connectivity index (χ0n) is 23.9. The van der Waals surface area contributed by atoms with Gasteiger partial charge in [0.25, 0.3) is 0 Å². The lowest BCUT2D eigenvalue weighted by Crippen LogP contribution is -2.56. The summed E-state index contributed by atoms with van der Waals surface area (Å²) in [5.74, 6) is -1.44. The van der Waals surface area contributed by atoms with Gasteiger partial charge in [-0.3, -0.25) is 4.90 Å². The second-order valence-corrected chi connectivity index (χ2v) is 12.3. The molecule has 7 heterocycles. The van der Waals surface area contributed by atoms with Crippen molar-refractivity contribution in [1.82, 2.24) is 30.2 Å². The summed E-state index contributed by atoms with van der Waals surface area (Å²) in [5, 5.41) is 2.80. The number of ether oxygens (including phenoxy) is 2. The Hall–Kier alpha value is -3.30. The van der Waals surface area contributed by atoms with Gasteiger partial charge in [0.05, 0.1) is 27.9 Å². The number of fused-ring (bicyclic) bond motifs is 3. The molecule has 44 heavy (non-hydrogen) atoms. The summed E-state index contributed by atoms with van der Waals surface area (Å²) < 4.78 is 86.5. The minimum absolute atomic E-state index is 0.0762. The van der Waals surface area contributed by atoms with Crippen molar-refractivity contribution in [1.29, 1.82) is 0 Å². The molecule has 16 heteroatoms. The molecule has 4 atom stereocenters. The highest BCUT2D eigenvalue weighted by atomic mass is 35.5. The summed E-state index contributed by atoms with van der Waals surface area (Å²) >= 11 is 6.31. The van der Waals surface area contributed by atoms with Gasteiger partial charge in [0.1, 0.15) is 47.1 Å². The number of alkyl halides is 4. The van der Waals surface area contributed by atoms with Crippen LogP contribution in [0.25, 0.3) is 22.2 Å². The Balaban J connectivity index is 1.44. The number of aromatic nitrogens is 4. The van der Waals surface area contributed by atoms with Gasteiger partial charge in [-0.25, -0.2) is 18.7 Å². The Kier molecular flexibility index (Phi) is 6.94. The second kappa shape index (κ2) is 10.4. The topological polar surface area (TPSA) is 115 Å². The fourth-order valence-corrected chi connectivity index (χ4v) is 7.44. The molecule has 3 aromatic rings. The highest BCUT2D eigenvalue weighted by Crippen LogP contribution is 2.48. The van der Waals surface area contributed by atoms with E-state index < -0.39 is 63.2 Å². The minimum atomic E-state index is -4.96. The third-order valence-electron chi connectivity index (χ3n) is 9.20. The molecular formula is C28H30ClF5N8O2. The average Bonchev–Trinajstić information content (AvgIpc) is 3.46. The number of piperazine rings is 1. The SMILES string of the molecule is Cc1nc(N)c(Cl)c(-c2nc3c4c(nc(OC[C@@]56CCCN5C[C@H](F)C6)nc4c2F)N2CCNC[C@H]2[C@H](C)O3)c1C(F)(F)F. The number of anilines is 2. The predicted molar refractivity (Wildman–Crippen MR) is 152 cm³/mol. The standard InChI is InChI=1S/C28H30ClF5N8O2/c1-12-18(28(32,33)34)16(19(29)23(35)37-12)21-20(31)22-17-24(42-7-5-36-9-15(42)13(2)44-25(17)38-21)40-26(39-22)43-11-27-4-3-6-41(27)10-14(30)8-27/h13-15,36H,3-11H2,1-2H3,(H2,35,37)/t13-,14+,15-,27-/m0/s1. The molecule has 10 nitrogen and oxygen atoms in total. The van der Waals surface area contributed by atoms with Crippen LogP contribution < -0.4 is 25.4 Å². The fraction of sp³-hybridized carbons (Fsp3) is 0.571. The van der Waals surface area contributed by atoms with Crippen molar-refractivity contribution in [2.45, 2.75) is 63.1 Å². The van der Waals surface area contributed by atoms with Gasteiger partial charge in [0.15, 0.2) is 5.82 Å². The van der Waals surface area contributed by atoms with Crippen LogP contribution in [-0.2, 0) is 6.18 Å². The molecule has 4 aliphatic heterocycles. The first-order valence-electron chi connectivity index (χ1n) is 14.5. The molecule has 7 rings (SSSR count). The molecule has 3 saturated heterocycles. The van der Waals surface area contributed by atoms with Gasteiger partial charge >= 0.3 is 12.2 Å².